The predicted octanol–water partition coefficient (Wildman–Crippen LogP) is 4.16. The summed E-state index contributed by atoms with van der Waals surface area (Å²) in [6, 6.07) is 6.10. The van der Waals surface area contributed by atoms with E-state index in [2.05, 4.69) is 15.7 Å². The average Bonchev–Trinajstić information content (AvgIpc) is 3.33. The Morgan fingerprint density at radius 3 is 2.60 bits per heavy atom. The Kier molecular flexibility index (Phi) is 4.55. The lowest BCUT2D eigenvalue weighted by Gasteiger charge is -2.33. The molecule has 0 radical (unpaired) electrons. The van der Waals surface area contributed by atoms with Gasteiger partial charge in [0.2, 0.25) is 0 Å². The van der Waals surface area contributed by atoms with Crippen molar-refractivity contribution in [3.8, 4) is 0 Å². The average molecular weight is 341 g/mol. The van der Waals surface area contributed by atoms with Gasteiger partial charge in [-0.05, 0) is 49.9 Å². The SMILES string of the molecule is O=C(c1ccc(F)cc1)N1CCCC(n2cnc(C3CCCC3)c2)C1. The molecule has 0 bridgehead atoms. The van der Waals surface area contributed by atoms with Gasteiger partial charge in [-0.2, -0.15) is 0 Å². The van der Waals surface area contributed by atoms with Gasteiger partial charge < -0.3 is 9.47 Å². The van der Waals surface area contributed by atoms with E-state index in [4.69, 9.17) is 0 Å². The lowest BCUT2D eigenvalue weighted by molar-refractivity contribution is 0.0679. The summed E-state index contributed by atoms with van der Waals surface area (Å²) in [6.07, 6.45) is 11.3. The zero-order valence-corrected chi connectivity index (χ0v) is 14.4. The van der Waals surface area contributed by atoms with Crippen LogP contribution in [0.5, 0.6) is 0 Å². The number of aromatic nitrogens is 2. The van der Waals surface area contributed by atoms with E-state index < -0.39 is 0 Å². The zero-order chi connectivity index (χ0) is 17.2. The molecule has 5 heteroatoms. The minimum atomic E-state index is -0.314. The van der Waals surface area contributed by atoms with Gasteiger partial charge in [0.15, 0.2) is 0 Å². The first-order chi connectivity index (χ1) is 12.2. The van der Waals surface area contributed by atoms with Crippen LogP contribution in [-0.2, 0) is 0 Å². The van der Waals surface area contributed by atoms with Crippen LogP contribution in [0.25, 0.3) is 0 Å². The van der Waals surface area contributed by atoms with Gasteiger partial charge in [-0.15, -0.1) is 0 Å². The van der Waals surface area contributed by atoms with Crippen LogP contribution in [0.3, 0.4) is 0 Å². The number of nitrogens with zero attached hydrogens (tertiary/aromatic N) is 3. The van der Waals surface area contributed by atoms with Crippen molar-refractivity contribution < 1.29 is 9.18 Å². The highest BCUT2D eigenvalue weighted by molar-refractivity contribution is 5.94. The van der Waals surface area contributed by atoms with Crippen LogP contribution in [0, 0.1) is 5.82 Å². The van der Waals surface area contributed by atoms with Crippen LogP contribution >= 0.6 is 0 Å². The smallest absolute Gasteiger partial charge is 0.253 e. The van der Waals surface area contributed by atoms with E-state index >= 15 is 0 Å². The fraction of sp³-hybridized carbons (Fsp3) is 0.500. The summed E-state index contributed by atoms with van der Waals surface area (Å²) >= 11 is 0. The lowest BCUT2D eigenvalue weighted by atomic mass is 10.0. The predicted molar refractivity (Wildman–Crippen MR) is 94.0 cm³/mol. The van der Waals surface area contributed by atoms with Crippen LogP contribution in [0.1, 0.15) is 66.5 Å². The van der Waals surface area contributed by atoms with E-state index in [0.717, 1.165) is 19.4 Å². The molecule has 2 aromatic rings. The van der Waals surface area contributed by atoms with Crippen LogP contribution in [0.2, 0.25) is 0 Å². The number of hydrogen-bond donors (Lipinski definition) is 0. The minimum Gasteiger partial charge on any atom is -0.337 e. The number of likely N-dealkylation sites (tertiary alicyclic amines) is 1. The number of carbonyl (C=O) groups is 1. The number of piperidine rings is 1. The molecule has 1 aromatic heterocycles. The second-order valence-corrected chi connectivity index (χ2v) is 7.28. The summed E-state index contributed by atoms with van der Waals surface area (Å²) in [5.41, 5.74) is 1.76. The Balaban J connectivity index is 1.45. The summed E-state index contributed by atoms with van der Waals surface area (Å²) in [4.78, 5) is 19.2. The minimum absolute atomic E-state index is 0.0131. The van der Waals surface area contributed by atoms with Gasteiger partial charge in [-0.3, -0.25) is 4.79 Å². The first-order valence-corrected chi connectivity index (χ1v) is 9.29. The molecule has 2 heterocycles. The van der Waals surface area contributed by atoms with Crippen molar-refractivity contribution in [2.75, 3.05) is 13.1 Å². The van der Waals surface area contributed by atoms with Crippen LogP contribution < -0.4 is 0 Å². The van der Waals surface area contributed by atoms with Gasteiger partial charge in [-0.25, -0.2) is 9.37 Å². The van der Waals surface area contributed by atoms with Gasteiger partial charge in [0, 0.05) is 30.8 Å². The molecule has 2 fully saturated rings. The number of hydrogen-bond acceptors (Lipinski definition) is 2. The zero-order valence-electron chi connectivity index (χ0n) is 14.4. The van der Waals surface area contributed by atoms with Crippen LogP contribution in [0.4, 0.5) is 4.39 Å². The van der Waals surface area contributed by atoms with E-state index in [1.807, 2.05) is 11.2 Å². The molecule has 1 amide bonds. The molecule has 4 nitrogen and oxygen atoms in total. The molecule has 1 atom stereocenters. The highest BCUT2D eigenvalue weighted by Crippen LogP contribution is 2.34. The van der Waals surface area contributed by atoms with E-state index in [9.17, 15) is 9.18 Å². The summed E-state index contributed by atoms with van der Waals surface area (Å²) < 4.78 is 15.3. The fourth-order valence-corrected chi connectivity index (χ4v) is 4.14. The highest BCUT2D eigenvalue weighted by Gasteiger charge is 2.27. The Hall–Kier alpha value is -2.17. The highest BCUT2D eigenvalue weighted by atomic mass is 19.1. The van der Waals surface area contributed by atoms with Crippen molar-refractivity contribution in [2.24, 2.45) is 0 Å². The molecular formula is C20H24FN3O. The Morgan fingerprint density at radius 1 is 1.08 bits per heavy atom. The summed E-state index contributed by atoms with van der Waals surface area (Å²) in [5.74, 6) is 0.286. The second kappa shape index (κ2) is 6.98. The molecular weight excluding hydrogens is 317 g/mol. The molecule has 0 N–H and O–H groups in total. The molecule has 1 saturated carbocycles. The van der Waals surface area contributed by atoms with E-state index in [-0.39, 0.29) is 17.8 Å². The van der Waals surface area contributed by atoms with Gasteiger partial charge in [-0.1, -0.05) is 12.8 Å². The molecule has 1 aliphatic carbocycles. The van der Waals surface area contributed by atoms with Gasteiger partial charge >= 0.3 is 0 Å². The molecule has 1 aromatic carbocycles. The normalized spacial score (nSPS) is 21.6. The standard InChI is InChI=1S/C20H24FN3O/c21-17-9-7-16(8-10-17)20(25)23-11-3-6-18(12-23)24-13-19(22-14-24)15-4-1-2-5-15/h7-10,13-15,18H,1-6,11-12H2. The fourth-order valence-electron chi connectivity index (χ4n) is 4.14. The summed E-state index contributed by atoms with van der Waals surface area (Å²) in [6.45, 7) is 1.45. The van der Waals surface area contributed by atoms with Gasteiger partial charge in [0.1, 0.15) is 5.82 Å². The van der Waals surface area contributed by atoms with E-state index in [1.165, 1.54) is 43.5 Å². The Bertz CT molecular complexity index is 734. The molecule has 1 saturated heterocycles. The van der Waals surface area contributed by atoms with Crippen molar-refractivity contribution in [3.05, 3.63) is 53.9 Å². The number of imidazole rings is 1. The maximum Gasteiger partial charge on any atom is 0.253 e. The van der Waals surface area contributed by atoms with E-state index in [1.54, 1.807) is 12.1 Å². The molecule has 1 aliphatic heterocycles. The van der Waals surface area contributed by atoms with Gasteiger partial charge in [0.25, 0.3) is 5.91 Å². The van der Waals surface area contributed by atoms with Crippen LogP contribution in [0.15, 0.2) is 36.8 Å². The number of rotatable bonds is 3. The van der Waals surface area contributed by atoms with Crippen molar-refractivity contribution >= 4 is 5.91 Å². The van der Waals surface area contributed by atoms with Crippen molar-refractivity contribution in [3.63, 3.8) is 0 Å². The quantitative estimate of drug-likeness (QED) is 0.841. The molecule has 0 spiro atoms. The third-order valence-corrected chi connectivity index (χ3v) is 5.59. The Labute approximate surface area is 147 Å². The van der Waals surface area contributed by atoms with E-state index in [0.29, 0.717) is 18.0 Å². The number of halogens is 1. The second-order valence-electron chi connectivity index (χ2n) is 7.28. The Morgan fingerprint density at radius 2 is 1.84 bits per heavy atom. The number of amides is 1. The summed E-state index contributed by atoms with van der Waals surface area (Å²) in [7, 11) is 0. The van der Waals surface area contributed by atoms with Crippen molar-refractivity contribution in [1.29, 1.82) is 0 Å². The third-order valence-electron chi connectivity index (χ3n) is 5.59. The molecule has 132 valence electrons. The van der Waals surface area contributed by atoms with Crippen molar-refractivity contribution in [1.82, 2.24) is 14.5 Å². The van der Waals surface area contributed by atoms with Crippen LogP contribution in [-0.4, -0.2) is 33.4 Å². The largest absolute Gasteiger partial charge is 0.337 e. The number of carbonyl (C=O) groups excluding carboxylic acids is 1. The summed E-state index contributed by atoms with van der Waals surface area (Å²) in [5, 5.41) is 0. The monoisotopic (exact) mass is 341 g/mol. The van der Waals surface area contributed by atoms with Gasteiger partial charge in [0.05, 0.1) is 18.1 Å². The third kappa shape index (κ3) is 3.46. The molecule has 4 rings (SSSR count). The first-order valence-electron chi connectivity index (χ1n) is 9.29. The number of benzene rings is 1. The maximum absolute atomic E-state index is 13.1. The maximum atomic E-state index is 13.1. The first kappa shape index (κ1) is 16.3. The molecule has 1 unspecified atom stereocenters. The van der Waals surface area contributed by atoms with Crippen molar-refractivity contribution in [2.45, 2.75) is 50.5 Å². The topological polar surface area (TPSA) is 38.1 Å². The lowest BCUT2D eigenvalue weighted by Crippen LogP contribution is -2.40. The molecule has 25 heavy (non-hydrogen) atoms. The molecule has 2 aliphatic rings.